The lowest BCUT2D eigenvalue weighted by molar-refractivity contribution is -0.130. The quantitative estimate of drug-likeness (QED) is 0.854. The van der Waals surface area contributed by atoms with Gasteiger partial charge in [-0.3, -0.25) is 9.59 Å². The third-order valence-corrected chi connectivity index (χ3v) is 3.27. The summed E-state index contributed by atoms with van der Waals surface area (Å²) in [5, 5.41) is 2.83. The summed E-state index contributed by atoms with van der Waals surface area (Å²) in [7, 11) is 0. The number of hydrogen-bond acceptors (Lipinski definition) is 3. The van der Waals surface area contributed by atoms with Gasteiger partial charge >= 0.3 is 0 Å². The highest BCUT2D eigenvalue weighted by Gasteiger charge is 2.17. The Labute approximate surface area is 117 Å². The van der Waals surface area contributed by atoms with Crippen molar-refractivity contribution in [1.29, 1.82) is 0 Å². The lowest BCUT2D eigenvalue weighted by Gasteiger charge is -2.26. The smallest absolute Gasteiger partial charge is 0.270 e. The molecule has 0 unspecified atom stereocenters. The number of pyridine rings is 1. The van der Waals surface area contributed by atoms with E-state index in [0.717, 1.165) is 25.9 Å². The second-order valence-corrected chi connectivity index (χ2v) is 4.86. The fourth-order valence-electron chi connectivity index (χ4n) is 2.04. The number of aromatic nitrogens is 1. The van der Waals surface area contributed by atoms with Crippen LogP contribution in [0.15, 0.2) is 18.2 Å². The molecular weight excluding hydrogens is 266 g/mol. The maximum atomic E-state index is 11.9. The van der Waals surface area contributed by atoms with Gasteiger partial charge in [-0.25, -0.2) is 4.98 Å². The number of piperidine rings is 1. The largest absolute Gasteiger partial charge is 0.342 e. The van der Waals surface area contributed by atoms with Crippen LogP contribution in [0.1, 0.15) is 29.8 Å². The van der Waals surface area contributed by atoms with E-state index in [1.807, 2.05) is 0 Å². The number of nitrogens with zero attached hydrogens (tertiary/aromatic N) is 2. The van der Waals surface area contributed by atoms with Crippen molar-refractivity contribution in [3.8, 4) is 0 Å². The Hall–Kier alpha value is -1.62. The predicted molar refractivity (Wildman–Crippen MR) is 72.0 cm³/mol. The van der Waals surface area contributed by atoms with E-state index in [0.29, 0.717) is 0 Å². The van der Waals surface area contributed by atoms with Crippen LogP contribution < -0.4 is 5.32 Å². The van der Waals surface area contributed by atoms with Gasteiger partial charge in [-0.1, -0.05) is 17.7 Å². The molecule has 2 heterocycles. The first-order valence-corrected chi connectivity index (χ1v) is 6.73. The summed E-state index contributed by atoms with van der Waals surface area (Å²) < 4.78 is 0. The molecule has 2 rings (SSSR count). The van der Waals surface area contributed by atoms with Gasteiger partial charge in [0, 0.05) is 13.1 Å². The van der Waals surface area contributed by atoms with Crippen molar-refractivity contribution in [2.45, 2.75) is 19.3 Å². The summed E-state index contributed by atoms with van der Waals surface area (Å²) in [5.74, 6) is -0.428. The molecule has 19 heavy (non-hydrogen) atoms. The van der Waals surface area contributed by atoms with E-state index in [-0.39, 0.29) is 29.2 Å². The van der Waals surface area contributed by atoms with Crippen LogP contribution in [-0.4, -0.2) is 41.3 Å². The lowest BCUT2D eigenvalue weighted by atomic mass is 10.1. The first-order chi connectivity index (χ1) is 9.16. The minimum atomic E-state index is -0.382. The molecule has 5 nitrogen and oxygen atoms in total. The van der Waals surface area contributed by atoms with Crippen LogP contribution in [0.2, 0.25) is 5.15 Å². The molecule has 0 aliphatic carbocycles. The Morgan fingerprint density at radius 3 is 2.68 bits per heavy atom. The molecule has 1 aromatic rings. The van der Waals surface area contributed by atoms with Crippen molar-refractivity contribution in [2.75, 3.05) is 19.6 Å². The fourth-order valence-corrected chi connectivity index (χ4v) is 2.20. The molecule has 6 heteroatoms. The van der Waals surface area contributed by atoms with Crippen molar-refractivity contribution in [2.24, 2.45) is 0 Å². The van der Waals surface area contributed by atoms with Gasteiger partial charge in [-0.05, 0) is 31.4 Å². The van der Waals surface area contributed by atoms with Crippen molar-refractivity contribution in [3.05, 3.63) is 29.0 Å². The van der Waals surface area contributed by atoms with Gasteiger partial charge in [-0.15, -0.1) is 0 Å². The van der Waals surface area contributed by atoms with Gasteiger partial charge in [-0.2, -0.15) is 0 Å². The van der Waals surface area contributed by atoms with E-state index in [1.165, 1.54) is 6.42 Å². The molecule has 2 amide bonds. The normalized spacial score (nSPS) is 15.1. The van der Waals surface area contributed by atoms with E-state index < -0.39 is 0 Å². The Balaban J connectivity index is 1.84. The minimum Gasteiger partial charge on any atom is -0.342 e. The predicted octanol–water partition coefficient (Wildman–Crippen LogP) is 1.48. The topological polar surface area (TPSA) is 62.3 Å². The Bertz CT molecular complexity index is 473. The average Bonchev–Trinajstić information content (AvgIpc) is 2.45. The number of halogens is 1. The zero-order valence-electron chi connectivity index (χ0n) is 10.6. The van der Waals surface area contributed by atoms with E-state index in [4.69, 9.17) is 11.6 Å². The van der Waals surface area contributed by atoms with Crippen LogP contribution in [0.4, 0.5) is 0 Å². The zero-order chi connectivity index (χ0) is 13.7. The fraction of sp³-hybridized carbons (Fsp3) is 0.462. The molecule has 0 radical (unpaired) electrons. The summed E-state index contributed by atoms with van der Waals surface area (Å²) in [5.41, 5.74) is 0.221. The highest BCUT2D eigenvalue weighted by atomic mass is 35.5. The Morgan fingerprint density at radius 2 is 2.00 bits per heavy atom. The maximum absolute atomic E-state index is 11.9. The van der Waals surface area contributed by atoms with Gasteiger partial charge in [0.05, 0.1) is 6.54 Å². The molecule has 0 bridgehead atoms. The van der Waals surface area contributed by atoms with Gasteiger partial charge in [0.25, 0.3) is 5.91 Å². The zero-order valence-corrected chi connectivity index (χ0v) is 11.3. The standard InChI is InChI=1S/C13H16ClN3O2/c14-11-6-4-5-10(16-11)13(19)15-9-12(18)17-7-2-1-3-8-17/h4-6H,1-3,7-9H2,(H,15,19). The number of carbonyl (C=O) groups excluding carboxylic acids is 2. The Morgan fingerprint density at radius 1 is 1.26 bits per heavy atom. The molecule has 1 fully saturated rings. The first kappa shape index (κ1) is 13.8. The molecule has 1 aromatic heterocycles. The first-order valence-electron chi connectivity index (χ1n) is 6.35. The molecule has 102 valence electrons. The van der Waals surface area contributed by atoms with E-state index in [2.05, 4.69) is 10.3 Å². The molecule has 1 aliphatic heterocycles. The van der Waals surface area contributed by atoms with Crippen LogP contribution in [0.3, 0.4) is 0 Å². The Kier molecular flexibility index (Phi) is 4.74. The van der Waals surface area contributed by atoms with E-state index >= 15 is 0 Å². The lowest BCUT2D eigenvalue weighted by Crippen LogP contribution is -2.42. The van der Waals surface area contributed by atoms with Crippen LogP contribution in [0.5, 0.6) is 0 Å². The molecule has 0 spiro atoms. The molecule has 1 aliphatic rings. The number of rotatable bonds is 3. The molecule has 0 aromatic carbocycles. The van der Waals surface area contributed by atoms with E-state index in [9.17, 15) is 9.59 Å². The van der Waals surface area contributed by atoms with Crippen molar-refractivity contribution >= 4 is 23.4 Å². The highest BCUT2D eigenvalue weighted by Crippen LogP contribution is 2.08. The van der Waals surface area contributed by atoms with Crippen molar-refractivity contribution in [3.63, 3.8) is 0 Å². The number of carbonyl (C=O) groups is 2. The third kappa shape index (κ3) is 3.92. The van der Waals surface area contributed by atoms with Crippen LogP contribution in [0.25, 0.3) is 0 Å². The number of likely N-dealkylation sites (tertiary alicyclic amines) is 1. The molecule has 0 saturated carbocycles. The monoisotopic (exact) mass is 281 g/mol. The summed E-state index contributed by atoms with van der Waals surface area (Å²) >= 11 is 5.71. The minimum absolute atomic E-state index is 0.00697. The number of amides is 2. The van der Waals surface area contributed by atoms with E-state index in [1.54, 1.807) is 23.1 Å². The SMILES string of the molecule is O=C(NCC(=O)N1CCCCC1)c1cccc(Cl)n1. The van der Waals surface area contributed by atoms with Gasteiger partial charge in [0.15, 0.2) is 0 Å². The van der Waals surface area contributed by atoms with Crippen molar-refractivity contribution in [1.82, 2.24) is 15.2 Å². The van der Waals surface area contributed by atoms with Gasteiger partial charge in [0.1, 0.15) is 10.8 Å². The number of hydrogen-bond donors (Lipinski definition) is 1. The average molecular weight is 282 g/mol. The summed E-state index contributed by atoms with van der Waals surface area (Å²) in [4.78, 5) is 29.3. The summed E-state index contributed by atoms with van der Waals surface area (Å²) in [6, 6.07) is 4.81. The summed E-state index contributed by atoms with van der Waals surface area (Å²) in [6.07, 6.45) is 3.24. The molecule has 1 N–H and O–H groups in total. The van der Waals surface area contributed by atoms with Gasteiger partial charge in [0.2, 0.25) is 5.91 Å². The molecular formula is C13H16ClN3O2. The molecule has 0 atom stereocenters. The highest BCUT2D eigenvalue weighted by molar-refractivity contribution is 6.29. The van der Waals surface area contributed by atoms with Crippen LogP contribution in [-0.2, 0) is 4.79 Å². The maximum Gasteiger partial charge on any atom is 0.270 e. The van der Waals surface area contributed by atoms with Crippen LogP contribution in [0, 0.1) is 0 Å². The third-order valence-electron chi connectivity index (χ3n) is 3.06. The number of nitrogens with one attached hydrogen (secondary N) is 1. The second kappa shape index (κ2) is 6.52. The van der Waals surface area contributed by atoms with Gasteiger partial charge < -0.3 is 10.2 Å². The molecule has 1 saturated heterocycles. The van der Waals surface area contributed by atoms with Crippen molar-refractivity contribution < 1.29 is 9.59 Å². The summed E-state index contributed by atoms with van der Waals surface area (Å²) in [6.45, 7) is 1.57. The van der Waals surface area contributed by atoms with Crippen LogP contribution >= 0.6 is 11.6 Å². The second-order valence-electron chi connectivity index (χ2n) is 4.47.